The fourth-order valence-corrected chi connectivity index (χ4v) is 2.68. The average molecular weight is 323 g/mol. The Kier molecular flexibility index (Phi) is 4.37. The minimum Gasteiger partial charge on any atom is -0.268 e. The maximum Gasteiger partial charge on any atom is 0.271 e. The second kappa shape index (κ2) is 6.62. The highest BCUT2D eigenvalue weighted by Gasteiger charge is 2.15. The number of benzene rings is 2. The third kappa shape index (κ3) is 2.90. The smallest absolute Gasteiger partial charge is 0.268 e. The SMILES string of the molecule is CCCCc1nc2cc([N+](=O)[O-])ccc2c(=O)n1-c1ccccc1. The molecule has 1 heterocycles. The molecular weight excluding hydrogens is 306 g/mol. The van der Waals surface area contributed by atoms with E-state index in [1.54, 1.807) is 4.57 Å². The zero-order chi connectivity index (χ0) is 17.1. The molecule has 6 nitrogen and oxygen atoms in total. The number of non-ortho nitro benzene ring substituents is 1. The van der Waals surface area contributed by atoms with Crippen molar-refractivity contribution >= 4 is 16.6 Å². The first-order valence-corrected chi connectivity index (χ1v) is 7.87. The molecule has 0 aliphatic rings. The van der Waals surface area contributed by atoms with Crippen LogP contribution in [0.3, 0.4) is 0 Å². The number of aryl methyl sites for hydroxylation is 1. The molecule has 0 fully saturated rings. The highest BCUT2D eigenvalue weighted by molar-refractivity contribution is 5.80. The van der Waals surface area contributed by atoms with Crippen molar-refractivity contribution in [2.75, 3.05) is 0 Å². The molecule has 0 spiro atoms. The summed E-state index contributed by atoms with van der Waals surface area (Å²) in [7, 11) is 0. The van der Waals surface area contributed by atoms with Crippen molar-refractivity contribution in [2.24, 2.45) is 0 Å². The molecular formula is C18H17N3O3. The van der Waals surface area contributed by atoms with Crippen molar-refractivity contribution in [3.63, 3.8) is 0 Å². The Labute approximate surface area is 138 Å². The zero-order valence-electron chi connectivity index (χ0n) is 13.3. The topological polar surface area (TPSA) is 78.0 Å². The van der Waals surface area contributed by atoms with Gasteiger partial charge in [0.2, 0.25) is 0 Å². The van der Waals surface area contributed by atoms with Crippen LogP contribution < -0.4 is 5.56 Å². The Balaban J connectivity index is 2.29. The number of nitro benzene ring substituents is 1. The van der Waals surface area contributed by atoms with Gasteiger partial charge < -0.3 is 0 Å². The van der Waals surface area contributed by atoms with Crippen LogP contribution in [0.25, 0.3) is 16.6 Å². The largest absolute Gasteiger partial charge is 0.271 e. The van der Waals surface area contributed by atoms with Crippen molar-refractivity contribution in [3.05, 3.63) is 74.8 Å². The van der Waals surface area contributed by atoms with Gasteiger partial charge in [-0.15, -0.1) is 0 Å². The lowest BCUT2D eigenvalue weighted by Gasteiger charge is -2.13. The monoisotopic (exact) mass is 323 g/mol. The van der Waals surface area contributed by atoms with Gasteiger partial charge in [-0.2, -0.15) is 0 Å². The number of unbranched alkanes of at least 4 members (excludes halogenated alkanes) is 1. The normalized spacial score (nSPS) is 10.9. The van der Waals surface area contributed by atoms with Gasteiger partial charge in [0.15, 0.2) is 0 Å². The number of rotatable bonds is 5. The van der Waals surface area contributed by atoms with E-state index in [1.807, 2.05) is 30.3 Å². The zero-order valence-corrected chi connectivity index (χ0v) is 13.3. The van der Waals surface area contributed by atoms with Gasteiger partial charge in [-0.3, -0.25) is 19.5 Å². The Morgan fingerprint density at radius 3 is 2.58 bits per heavy atom. The lowest BCUT2D eigenvalue weighted by molar-refractivity contribution is -0.384. The van der Waals surface area contributed by atoms with Crippen LogP contribution in [-0.4, -0.2) is 14.5 Å². The van der Waals surface area contributed by atoms with Gasteiger partial charge in [0.1, 0.15) is 5.82 Å². The fourth-order valence-electron chi connectivity index (χ4n) is 2.68. The van der Waals surface area contributed by atoms with E-state index in [0.29, 0.717) is 23.1 Å². The molecule has 0 aliphatic heterocycles. The summed E-state index contributed by atoms with van der Waals surface area (Å²) in [6.07, 6.45) is 2.50. The molecule has 24 heavy (non-hydrogen) atoms. The van der Waals surface area contributed by atoms with Gasteiger partial charge in [-0.05, 0) is 24.6 Å². The lowest BCUT2D eigenvalue weighted by Crippen LogP contribution is -2.24. The molecule has 0 atom stereocenters. The fraction of sp³-hybridized carbons (Fsp3) is 0.222. The summed E-state index contributed by atoms with van der Waals surface area (Å²) in [5.74, 6) is 0.626. The second-order valence-electron chi connectivity index (χ2n) is 5.57. The van der Waals surface area contributed by atoms with Crippen LogP contribution in [0.1, 0.15) is 25.6 Å². The van der Waals surface area contributed by atoms with Crippen LogP contribution in [0.4, 0.5) is 5.69 Å². The Morgan fingerprint density at radius 1 is 1.17 bits per heavy atom. The number of aromatic nitrogens is 2. The second-order valence-corrected chi connectivity index (χ2v) is 5.57. The summed E-state index contributed by atoms with van der Waals surface area (Å²) in [6, 6.07) is 13.5. The first-order valence-electron chi connectivity index (χ1n) is 7.87. The third-order valence-electron chi connectivity index (χ3n) is 3.90. The van der Waals surface area contributed by atoms with Gasteiger partial charge >= 0.3 is 0 Å². The maximum atomic E-state index is 12.9. The quantitative estimate of drug-likeness (QED) is 0.530. The number of hydrogen-bond donors (Lipinski definition) is 0. The molecule has 1 aromatic heterocycles. The van der Waals surface area contributed by atoms with Crippen LogP contribution in [-0.2, 0) is 6.42 Å². The van der Waals surface area contributed by atoms with Crippen LogP contribution in [0.2, 0.25) is 0 Å². The molecule has 0 amide bonds. The summed E-state index contributed by atoms with van der Waals surface area (Å²) in [6.45, 7) is 2.07. The summed E-state index contributed by atoms with van der Waals surface area (Å²) in [4.78, 5) is 28.0. The predicted molar refractivity (Wildman–Crippen MR) is 92.6 cm³/mol. The Morgan fingerprint density at radius 2 is 1.92 bits per heavy atom. The number of hydrogen-bond acceptors (Lipinski definition) is 4. The van der Waals surface area contributed by atoms with Crippen molar-refractivity contribution in [3.8, 4) is 5.69 Å². The summed E-state index contributed by atoms with van der Waals surface area (Å²) in [5, 5.41) is 11.3. The maximum absolute atomic E-state index is 12.9. The molecule has 0 N–H and O–H groups in total. The highest BCUT2D eigenvalue weighted by atomic mass is 16.6. The van der Waals surface area contributed by atoms with Gasteiger partial charge in [0.05, 0.1) is 21.5 Å². The van der Waals surface area contributed by atoms with Crippen molar-refractivity contribution in [2.45, 2.75) is 26.2 Å². The molecule has 3 rings (SSSR count). The first-order chi connectivity index (χ1) is 11.6. The lowest BCUT2D eigenvalue weighted by atomic mass is 10.2. The molecule has 0 bridgehead atoms. The minimum atomic E-state index is -0.477. The average Bonchev–Trinajstić information content (AvgIpc) is 2.60. The van der Waals surface area contributed by atoms with E-state index in [4.69, 9.17) is 0 Å². The highest BCUT2D eigenvalue weighted by Crippen LogP contribution is 2.19. The molecule has 0 saturated carbocycles. The molecule has 0 radical (unpaired) electrons. The first kappa shape index (κ1) is 15.9. The molecule has 2 aromatic carbocycles. The van der Waals surface area contributed by atoms with E-state index >= 15 is 0 Å². The van der Waals surface area contributed by atoms with Crippen LogP contribution in [0, 0.1) is 10.1 Å². The Hall–Kier alpha value is -3.02. The number of nitro groups is 1. The number of fused-ring (bicyclic) bond motifs is 1. The van der Waals surface area contributed by atoms with Gasteiger partial charge in [0, 0.05) is 18.6 Å². The number of nitrogens with zero attached hydrogens (tertiary/aromatic N) is 3. The standard InChI is InChI=1S/C18H17N3O3/c1-2-3-9-17-19-16-12-14(21(23)24)10-11-15(16)18(22)20(17)13-7-5-4-6-8-13/h4-8,10-12H,2-3,9H2,1H3. The van der Waals surface area contributed by atoms with Crippen LogP contribution >= 0.6 is 0 Å². The van der Waals surface area contributed by atoms with E-state index < -0.39 is 4.92 Å². The summed E-state index contributed by atoms with van der Waals surface area (Å²) < 4.78 is 1.60. The minimum absolute atomic E-state index is 0.0618. The Bertz CT molecular complexity index is 949. The molecule has 0 unspecified atom stereocenters. The molecule has 122 valence electrons. The van der Waals surface area contributed by atoms with E-state index in [2.05, 4.69) is 11.9 Å². The van der Waals surface area contributed by atoms with Crippen molar-refractivity contribution in [1.29, 1.82) is 0 Å². The predicted octanol–water partition coefficient (Wildman–Crippen LogP) is 3.64. The van der Waals surface area contributed by atoms with Crippen LogP contribution in [0.15, 0.2) is 53.3 Å². The summed E-state index contributed by atoms with van der Waals surface area (Å²) in [5.41, 5.74) is 0.856. The van der Waals surface area contributed by atoms with E-state index in [9.17, 15) is 14.9 Å². The van der Waals surface area contributed by atoms with E-state index in [0.717, 1.165) is 18.5 Å². The van der Waals surface area contributed by atoms with Gasteiger partial charge in [-0.1, -0.05) is 31.5 Å². The van der Waals surface area contributed by atoms with Gasteiger partial charge in [0.25, 0.3) is 11.2 Å². The molecule has 0 aliphatic carbocycles. The number of para-hydroxylation sites is 1. The van der Waals surface area contributed by atoms with E-state index in [-0.39, 0.29) is 11.2 Å². The molecule has 0 saturated heterocycles. The van der Waals surface area contributed by atoms with Crippen molar-refractivity contribution < 1.29 is 4.92 Å². The molecule has 6 heteroatoms. The van der Waals surface area contributed by atoms with Gasteiger partial charge in [-0.25, -0.2) is 4.98 Å². The molecule has 3 aromatic rings. The summed E-state index contributed by atoms with van der Waals surface area (Å²) >= 11 is 0. The van der Waals surface area contributed by atoms with E-state index in [1.165, 1.54) is 18.2 Å². The van der Waals surface area contributed by atoms with Crippen molar-refractivity contribution in [1.82, 2.24) is 9.55 Å². The van der Waals surface area contributed by atoms with Crippen LogP contribution in [0.5, 0.6) is 0 Å². The third-order valence-corrected chi connectivity index (χ3v) is 3.90.